The zero-order valence-corrected chi connectivity index (χ0v) is 15.8. The van der Waals surface area contributed by atoms with Gasteiger partial charge >= 0.3 is 0 Å². The van der Waals surface area contributed by atoms with E-state index in [1.807, 2.05) is 36.4 Å². The van der Waals surface area contributed by atoms with E-state index in [9.17, 15) is 0 Å². The molecule has 0 spiro atoms. The van der Waals surface area contributed by atoms with Crippen molar-refractivity contribution in [3.63, 3.8) is 0 Å². The number of para-hydroxylation sites is 3. The monoisotopic (exact) mass is 376 g/mol. The van der Waals surface area contributed by atoms with Crippen molar-refractivity contribution < 1.29 is 4.74 Å². The minimum absolute atomic E-state index is 0.650. The van der Waals surface area contributed by atoms with E-state index in [1.165, 1.54) is 5.52 Å². The van der Waals surface area contributed by atoms with Crippen LogP contribution in [0.3, 0.4) is 0 Å². The molecule has 0 saturated heterocycles. The van der Waals surface area contributed by atoms with E-state index in [2.05, 4.69) is 47.0 Å². The second kappa shape index (κ2) is 8.28. The Hall–Kier alpha value is -2.78. The minimum atomic E-state index is 0.650. The summed E-state index contributed by atoms with van der Waals surface area (Å²) in [6.45, 7) is 1.55. The molecule has 0 atom stereocenters. The summed E-state index contributed by atoms with van der Waals surface area (Å²) in [6.07, 6.45) is 1.95. The summed E-state index contributed by atoms with van der Waals surface area (Å²) in [6, 6.07) is 26.2. The maximum atomic E-state index is 6.13. The first kappa shape index (κ1) is 17.6. The summed E-state index contributed by atoms with van der Waals surface area (Å²) in [4.78, 5) is 4.86. The van der Waals surface area contributed by atoms with Crippen LogP contribution in [-0.2, 0) is 6.54 Å². The number of ether oxygens (including phenoxy) is 1. The lowest BCUT2D eigenvalue weighted by atomic mass is 10.2. The van der Waals surface area contributed by atoms with Gasteiger partial charge in [-0.1, -0.05) is 66.2 Å². The van der Waals surface area contributed by atoms with Crippen molar-refractivity contribution in [1.82, 2.24) is 9.55 Å². The Morgan fingerprint density at radius 1 is 0.815 bits per heavy atom. The van der Waals surface area contributed by atoms with Crippen LogP contribution in [0.4, 0.5) is 0 Å². The Kier molecular flexibility index (Phi) is 5.40. The molecule has 0 unspecified atom stereocenters. The smallest absolute Gasteiger partial charge is 0.141 e. The quantitative estimate of drug-likeness (QED) is 0.358. The molecule has 0 aliphatic rings. The average molecular weight is 377 g/mol. The van der Waals surface area contributed by atoms with Gasteiger partial charge in [-0.15, -0.1) is 0 Å². The van der Waals surface area contributed by atoms with E-state index in [-0.39, 0.29) is 0 Å². The molecule has 0 fully saturated rings. The predicted molar refractivity (Wildman–Crippen MR) is 111 cm³/mol. The zero-order valence-electron chi connectivity index (χ0n) is 15.0. The Bertz CT molecular complexity index is 1030. The Morgan fingerprint density at radius 2 is 1.56 bits per heavy atom. The van der Waals surface area contributed by atoms with Crippen molar-refractivity contribution in [2.45, 2.75) is 19.4 Å². The molecule has 4 aromatic rings. The number of nitrogens with zero attached hydrogens (tertiary/aromatic N) is 2. The van der Waals surface area contributed by atoms with E-state index < -0.39 is 0 Å². The van der Waals surface area contributed by atoms with Crippen molar-refractivity contribution in [3.8, 4) is 17.1 Å². The number of imidazole rings is 1. The van der Waals surface area contributed by atoms with E-state index in [1.54, 1.807) is 0 Å². The molecule has 0 amide bonds. The van der Waals surface area contributed by atoms with Crippen molar-refractivity contribution in [3.05, 3.63) is 83.9 Å². The highest BCUT2D eigenvalue weighted by molar-refractivity contribution is 6.32. The van der Waals surface area contributed by atoms with Crippen LogP contribution in [0.2, 0.25) is 5.02 Å². The Morgan fingerprint density at radius 3 is 2.41 bits per heavy atom. The first-order chi connectivity index (χ1) is 13.3. The lowest BCUT2D eigenvalue weighted by Crippen LogP contribution is -2.04. The maximum absolute atomic E-state index is 6.13. The highest BCUT2D eigenvalue weighted by atomic mass is 35.5. The van der Waals surface area contributed by atoms with Gasteiger partial charge in [-0.3, -0.25) is 0 Å². The number of aryl methyl sites for hydroxylation is 1. The zero-order chi connectivity index (χ0) is 18.5. The van der Waals surface area contributed by atoms with Gasteiger partial charge < -0.3 is 9.30 Å². The van der Waals surface area contributed by atoms with Gasteiger partial charge in [0.25, 0.3) is 0 Å². The van der Waals surface area contributed by atoms with Gasteiger partial charge in [0.05, 0.1) is 22.7 Å². The van der Waals surface area contributed by atoms with Crippen LogP contribution >= 0.6 is 11.6 Å². The molecular weight excluding hydrogens is 356 g/mol. The third kappa shape index (κ3) is 3.99. The highest BCUT2D eigenvalue weighted by Crippen LogP contribution is 2.26. The first-order valence-electron chi connectivity index (χ1n) is 9.21. The first-order valence-corrected chi connectivity index (χ1v) is 9.59. The number of unbranched alkanes of at least 4 members (excludes halogenated alkanes) is 1. The molecule has 0 radical (unpaired) electrons. The van der Waals surface area contributed by atoms with Crippen LogP contribution < -0.4 is 4.74 Å². The molecule has 136 valence electrons. The normalized spacial score (nSPS) is 11.0. The summed E-state index contributed by atoms with van der Waals surface area (Å²) >= 11 is 6.13. The van der Waals surface area contributed by atoms with Crippen LogP contribution in [-0.4, -0.2) is 16.2 Å². The molecule has 3 nitrogen and oxygen atoms in total. The minimum Gasteiger partial charge on any atom is -0.492 e. The molecule has 4 rings (SSSR count). The molecule has 3 aromatic carbocycles. The lowest BCUT2D eigenvalue weighted by Gasteiger charge is -2.11. The number of hydrogen-bond acceptors (Lipinski definition) is 2. The lowest BCUT2D eigenvalue weighted by molar-refractivity contribution is 0.304. The van der Waals surface area contributed by atoms with Gasteiger partial charge in [-0.25, -0.2) is 4.98 Å². The molecular formula is C23H21ClN2O. The third-order valence-corrected chi connectivity index (χ3v) is 4.87. The summed E-state index contributed by atoms with van der Waals surface area (Å²) in [5.74, 6) is 1.76. The average Bonchev–Trinajstić information content (AvgIpc) is 3.08. The van der Waals surface area contributed by atoms with E-state index in [4.69, 9.17) is 21.3 Å². The molecule has 4 heteroatoms. The van der Waals surface area contributed by atoms with Crippen LogP contribution in [0.15, 0.2) is 78.9 Å². The summed E-state index contributed by atoms with van der Waals surface area (Å²) in [7, 11) is 0. The number of benzene rings is 3. The second-order valence-electron chi connectivity index (χ2n) is 6.43. The second-order valence-corrected chi connectivity index (χ2v) is 6.83. The van der Waals surface area contributed by atoms with Crippen LogP contribution in [0, 0.1) is 0 Å². The molecule has 1 heterocycles. The van der Waals surface area contributed by atoms with Gasteiger partial charge in [-0.05, 0) is 37.1 Å². The predicted octanol–water partition coefficient (Wildman–Crippen LogP) is 6.22. The topological polar surface area (TPSA) is 27.1 Å². The molecule has 1 aromatic heterocycles. The summed E-state index contributed by atoms with van der Waals surface area (Å²) in [5, 5.41) is 0.657. The van der Waals surface area contributed by atoms with Gasteiger partial charge in [0.15, 0.2) is 0 Å². The van der Waals surface area contributed by atoms with Gasteiger partial charge in [0, 0.05) is 12.1 Å². The Balaban J connectivity index is 1.46. The van der Waals surface area contributed by atoms with E-state index in [0.29, 0.717) is 11.6 Å². The van der Waals surface area contributed by atoms with Crippen LogP contribution in [0.1, 0.15) is 12.8 Å². The number of halogens is 1. The fourth-order valence-corrected chi connectivity index (χ4v) is 3.42. The number of aromatic nitrogens is 2. The SMILES string of the molecule is Clc1ccccc1OCCCCn1c(-c2ccccc2)nc2ccccc21. The van der Waals surface area contributed by atoms with Gasteiger partial charge in [-0.2, -0.15) is 0 Å². The van der Waals surface area contributed by atoms with Gasteiger partial charge in [0.2, 0.25) is 0 Å². The van der Waals surface area contributed by atoms with Gasteiger partial charge in [0.1, 0.15) is 11.6 Å². The molecule has 0 aliphatic heterocycles. The molecule has 0 saturated carbocycles. The summed E-state index contributed by atoms with van der Waals surface area (Å²) < 4.78 is 8.11. The number of rotatable bonds is 7. The van der Waals surface area contributed by atoms with Crippen molar-refractivity contribution in [1.29, 1.82) is 0 Å². The van der Waals surface area contributed by atoms with Crippen molar-refractivity contribution >= 4 is 22.6 Å². The van der Waals surface area contributed by atoms with Crippen LogP contribution in [0.25, 0.3) is 22.4 Å². The molecule has 0 aliphatic carbocycles. The maximum Gasteiger partial charge on any atom is 0.141 e. The van der Waals surface area contributed by atoms with Crippen molar-refractivity contribution in [2.24, 2.45) is 0 Å². The standard InChI is InChI=1S/C23H21ClN2O/c24-19-12-4-7-15-22(19)27-17-9-8-16-26-21-14-6-5-13-20(21)25-23(26)18-10-2-1-3-11-18/h1-7,10-15H,8-9,16-17H2. The third-order valence-electron chi connectivity index (χ3n) is 4.56. The molecule has 27 heavy (non-hydrogen) atoms. The number of hydrogen-bond donors (Lipinski definition) is 0. The van der Waals surface area contributed by atoms with Crippen molar-refractivity contribution in [2.75, 3.05) is 6.61 Å². The Labute approximate surface area is 164 Å². The largest absolute Gasteiger partial charge is 0.492 e. The molecule has 0 N–H and O–H groups in total. The fraction of sp³-hybridized carbons (Fsp3) is 0.174. The molecule has 0 bridgehead atoms. The highest BCUT2D eigenvalue weighted by Gasteiger charge is 2.11. The van der Waals surface area contributed by atoms with E-state index >= 15 is 0 Å². The summed E-state index contributed by atoms with van der Waals surface area (Å²) in [5.41, 5.74) is 3.34. The van der Waals surface area contributed by atoms with E-state index in [0.717, 1.165) is 42.0 Å². The number of fused-ring (bicyclic) bond motifs is 1. The fourth-order valence-electron chi connectivity index (χ4n) is 3.23. The van der Waals surface area contributed by atoms with Crippen LogP contribution in [0.5, 0.6) is 5.75 Å².